The molecular formula is C23H25FN8O3. The van der Waals surface area contributed by atoms with E-state index in [2.05, 4.69) is 36.4 Å². The third-order valence-electron chi connectivity index (χ3n) is 5.09. The van der Waals surface area contributed by atoms with Gasteiger partial charge in [-0.3, -0.25) is 20.4 Å². The Labute approximate surface area is 201 Å². The number of pyridine rings is 1. The Balaban J connectivity index is 1.32. The van der Waals surface area contributed by atoms with Gasteiger partial charge in [-0.05, 0) is 43.3 Å². The van der Waals surface area contributed by atoms with Crippen molar-refractivity contribution >= 4 is 35.0 Å². The van der Waals surface area contributed by atoms with E-state index in [4.69, 9.17) is 4.74 Å². The molecule has 0 spiro atoms. The predicted octanol–water partition coefficient (Wildman–Crippen LogP) is 2.10. The quantitative estimate of drug-likeness (QED) is 0.358. The molecule has 1 aromatic carbocycles. The van der Waals surface area contributed by atoms with Crippen LogP contribution in [-0.2, 0) is 4.74 Å². The van der Waals surface area contributed by atoms with Crippen molar-refractivity contribution in [2.75, 3.05) is 48.5 Å². The number of halogens is 1. The van der Waals surface area contributed by atoms with Crippen LogP contribution in [0.1, 0.15) is 27.8 Å². The first-order valence-corrected chi connectivity index (χ1v) is 11.1. The number of anilines is 4. The van der Waals surface area contributed by atoms with Crippen molar-refractivity contribution in [3.63, 3.8) is 0 Å². The molecule has 182 valence electrons. The summed E-state index contributed by atoms with van der Waals surface area (Å²) in [6.45, 7) is 4.43. The van der Waals surface area contributed by atoms with Crippen molar-refractivity contribution in [1.82, 2.24) is 25.7 Å². The number of benzene rings is 1. The molecule has 2 aromatic heterocycles. The second kappa shape index (κ2) is 11.2. The number of nitrogens with zero attached hydrogens (tertiary/aromatic N) is 4. The third kappa shape index (κ3) is 6.18. The summed E-state index contributed by atoms with van der Waals surface area (Å²) in [6.07, 6.45) is 2.56. The van der Waals surface area contributed by atoms with Crippen LogP contribution in [0.5, 0.6) is 0 Å². The van der Waals surface area contributed by atoms with Gasteiger partial charge in [-0.25, -0.2) is 14.4 Å². The number of nitrogens with one attached hydrogen (secondary N) is 4. The Hall–Kier alpha value is -4.32. The SMILES string of the molecule is CCNC(=O)c1ccc(Nc2ccc(C(=O)NNc3ncc(F)c(N4CCOCC4)n3)nc2)cc1. The average molecular weight is 481 g/mol. The van der Waals surface area contributed by atoms with Crippen LogP contribution in [0.2, 0.25) is 0 Å². The number of rotatable bonds is 8. The van der Waals surface area contributed by atoms with E-state index in [1.165, 1.54) is 6.20 Å². The molecule has 0 saturated carbocycles. The van der Waals surface area contributed by atoms with Gasteiger partial charge in [0.1, 0.15) is 5.69 Å². The summed E-state index contributed by atoms with van der Waals surface area (Å²) in [6, 6.07) is 10.2. The van der Waals surface area contributed by atoms with E-state index in [0.717, 1.165) is 11.9 Å². The van der Waals surface area contributed by atoms with Gasteiger partial charge in [0.05, 0.1) is 31.3 Å². The molecule has 3 aromatic rings. The average Bonchev–Trinajstić information content (AvgIpc) is 2.89. The number of carbonyl (C=O) groups excluding carboxylic acids is 2. The lowest BCUT2D eigenvalue weighted by molar-refractivity contribution is 0.0948. The van der Waals surface area contributed by atoms with Crippen LogP contribution in [0, 0.1) is 5.82 Å². The molecule has 1 aliphatic rings. The number of ether oxygens (including phenoxy) is 1. The van der Waals surface area contributed by atoms with Crippen molar-refractivity contribution in [2.45, 2.75) is 6.92 Å². The summed E-state index contributed by atoms with van der Waals surface area (Å²) in [5.41, 5.74) is 7.21. The van der Waals surface area contributed by atoms with E-state index in [-0.39, 0.29) is 23.4 Å². The molecular weight excluding hydrogens is 455 g/mol. The summed E-state index contributed by atoms with van der Waals surface area (Å²) >= 11 is 0. The minimum absolute atomic E-state index is 0.0515. The van der Waals surface area contributed by atoms with E-state index in [9.17, 15) is 14.0 Å². The lowest BCUT2D eigenvalue weighted by Crippen LogP contribution is -2.38. The Morgan fingerprint density at radius 2 is 1.74 bits per heavy atom. The van der Waals surface area contributed by atoms with E-state index >= 15 is 0 Å². The van der Waals surface area contributed by atoms with Gasteiger partial charge in [0.25, 0.3) is 11.8 Å². The highest BCUT2D eigenvalue weighted by Gasteiger charge is 2.18. The molecule has 0 atom stereocenters. The highest BCUT2D eigenvalue weighted by atomic mass is 19.1. The first-order chi connectivity index (χ1) is 17.0. The minimum Gasteiger partial charge on any atom is -0.378 e. The number of hydrogen-bond donors (Lipinski definition) is 4. The first-order valence-electron chi connectivity index (χ1n) is 11.1. The van der Waals surface area contributed by atoms with Crippen molar-refractivity contribution < 1.29 is 18.7 Å². The van der Waals surface area contributed by atoms with Gasteiger partial charge >= 0.3 is 0 Å². The minimum atomic E-state index is -0.549. The molecule has 1 aliphatic heterocycles. The van der Waals surface area contributed by atoms with Gasteiger partial charge in [-0.15, -0.1) is 0 Å². The lowest BCUT2D eigenvalue weighted by Gasteiger charge is -2.28. The zero-order chi connectivity index (χ0) is 24.6. The monoisotopic (exact) mass is 480 g/mol. The summed E-state index contributed by atoms with van der Waals surface area (Å²) in [5, 5.41) is 5.90. The van der Waals surface area contributed by atoms with Crippen LogP contribution < -0.4 is 26.4 Å². The maximum absolute atomic E-state index is 14.1. The molecule has 12 heteroatoms. The van der Waals surface area contributed by atoms with Gasteiger partial charge in [-0.1, -0.05) is 0 Å². The topological polar surface area (TPSA) is 133 Å². The fourth-order valence-corrected chi connectivity index (χ4v) is 3.33. The molecule has 0 unspecified atom stereocenters. The van der Waals surface area contributed by atoms with E-state index in [1.54, 1.807) is 41.3 Å². The van der Waals surface area contributed by atoms with Crippen LogP contribution in [-0.4, -0.2) is 59.6 Å². The zero-order valence-corrected chi connectivity index (χ0v) is 19.0. The molecule has 1 fully saturated rings. The van der Waals surface area contributed by atoms with E-state index in [0.29, 0.717) is 44.1 Å². The first kappa shape index (κ1) is 23.8. The van der Waals surface area contributed by atoms with Gasteiger partial charge in [0.15, 0.2) is 11.6 Å². The Kier molecular flexibility index (Phi) is 7.63. The standard InChI is InChI=1S/C23H25FN8O3/c1-2-25-21(33)15-3-5-16(6-4-15)28-17-7-8-19(26-13-17)22(34)30-31-23-27-14-18(24)20(29-23)32-9-11-35-12-10-32/h3-8,13-14,28H,2,9-12H2,1H3,(H,25,33)(H,30,34)(H,27,29,31). The number of amides is 2. The maximum Gasteiger partial charge on any atom is 0.288 e. The highest BCUT2D eigenvalue weighted by Crippen LogP contribution is 2.19. The number of aromatic nitrogens is 3. The fraction of sp³-hybridized carbons (Fsp3) is 0.261. The molecule has 4 N–H and O–H groups in total. The second-order valence-electron chi connectivity index (χ2n) is 7.54. The molecule has 0 bridgehead atoms. The summed E-state index contributed by atoms with van der Waals surface area (Å²) < 4.78 is 19.4. The van der Waals surface area contributed by atoms with Gasteiger partial charge in [0, 0.05) is 30.9 Å². The lowest BCUT2D eigenvalue weighted by atomic mass is 10.2. The van der Waals surface area contributed by atoms with E-state index in [1.807, 2.05) is 6.92 Å². The normalized spacial score (nSPS) is 13.1. The van der Waals surface area contributed by atoms with Crippen LogP contribution in [0.4, 0.5) is 27.5 Å². The molecule has 0 radical (unpaired) electrons. The van der Waals surface area contributed by atoms with E-state index < -0.39 is 11.7 Å². The maximum atomic E-state index is 14.1. The molecule has 3 heterocycles. The number of hydrazine groups is 1. The van der Waals surface area contributed by atoms with Crippen LogP contribution in [0.3, 0.4) is 0 Å². The van der Waals surface area contributed by atoms with Crippen molar-refractivity contribution in [3.05, 3.63) is 65.9 Å². The Bertz CT molecular complexity index is 1170. The zero-order valence-electron chi connectivity index (χ0n) is 19.0. The van der Waals surface area contributed by atoms with Gasteiger partial charge in [-0.2, -0.15) is 4.98 Å². The van der Waals surface area contributed by atoms with Crippen LogP contribution in [0.25, 0.3) is 0 Å². The van der Waals surface area contributed by atoms with Crippen molar-refractivity contribution in [1.29, 1.82) is 0 Å². The number of morpholine rings is 1. The molecule has 1 saturated heterocycles. The Morgan fingerprint density at radius 3 is 2.43 bits per heavy atom. The summed E-state index contributed by atoms with van der Waals surface area (Å²) in [4.78, 5) is 38.2. The largest absolute Gasteiger partial charge is 0.378 e. The van der Waals surface area contributed by atoms with Crippen molar-refractivity contribution in [2.24, 2.45) is 0 Å². The predicted molar refractivity (Wildman–Crippen MR) is 128 cm³/mol. The smallest absolute Gasteiger partial charge is 0.288 e. The molecule has 2 amide bonds. The van der Waals surface area contributed by atoms with Gasteiger partial charge in [0.2, 0.25) is 5.95 Å². The molecule has 35 heavy (non-hydrogen) atoms. The molecule has 11 nitrogen and oxygen atoms in total. The Morgan fingerprint density at radius 1 is 1.00 bits per heavy atom. The third-order valence-corrected chi connectivity index (χ3v) is 5.09. The highest BCUT2D eigenvalue weighted by molar-refractivity contribution is 5.94. The van der Waals surface area contributed by atoms with Crippen LogP contribution >= 0.6 is 0 Å². The van der Waals surface area contributed by atoms with Gasteiger partial charge < -0.3 is 20.3 Å². The van der Waals surface area contributed by atoms with Crippen LogP contribution in [0.15, 0.2) is 48.8 Å². The second-order valence-corrected chi connectivity index (χ2v) is 7.54. The number of carbonyl (C=O) groups is 2. The number of hydrogen-bond acceptors (Lipinski definition) is 9. The summed E-state index contributed by atoms with van der Waals surface area (Å²) in [7, 11) is 0. The fourth-order valence-electron chi connectivity index (χ4n) is 3.33. The molecule has 4 rings (SSSR count). The van der Waals surface area contributed by atoms with Crippen molar-refractivity contribution in [3.8, 4) is 0 Å². The summed E-state index contributed by atoms with van der Waals surface area (Å²) in [5.74, 6) is -0.993. The molecule has 0 aliphatic carbocycles.